The normalized spacial score (nSPS) is 16.4. The van der Waals surface area contributed by atoms with E-state index in [2.05, 4.69) is 10.1 Å². The zero-order valence-electron chi connectivity index (χ0n) is 10.6. The first-order chi connectivity index (χ1) is 9.47. The number of para-hydroxylation sites is 1. The number of rotatable bonds is 4. The van der Waals surface area contributed by atoms with E-state index in [1.165, 1.54) is 18.2 Å². The number of esters is 1. The van der Waals surface area contributed by atoms with Crippen molar-refractivity contribution in [2.75, 3.05) is 11.9 Å². The van der Waals surface area contributed by atoms with Crippen molar-refractivity contribution in [1.29, 1.82) is 0 Å². The van der Waals surface area contributed by atoms with Crippen molar-refractivity contribution in [2.24, 2.45) is 0 Å². The van der Waals surface area contributed by atoms with Crippen LogP contribution in [0.4, 0.5) is 5.69 Å². The van der Waals surface area contributed by atoms with Gasteiger partial charge in [-0.25, -0.2) is 4.79 Å². The monoisotopic (exact) mass is 279 g/mol. The highest BCUT2D eigenvalue weighted by atomic mass is 16.5. The van der Waals surface area contributed by atoms with Crippen molar-refractivity contribution < 1.29 is 29.3 Å². The molecule has 0 fully saturated rings. The second kappa shape index (κ2) is 5.40. The molecule has 7 nitrogen and oxygen atoms in total. The number of nitrogens with one attached hydrogen (secondary N) is 1. The van der Waals surface area contributed by atoms with Crippen molar-refractivity contribution in [1.82, 2.24) is 0 Å². The Labute approximate surface area is 114 Å². The van der Waals surface area contributed by atoms with Gasteiger partial charge >= 0.3 is 5.97 Å². The molecule has 1 aliphatic heterocycles. The molecule has 3 N–H and O–H groups in total. The lowest BCUT2D eigenvalue weighted by Crippen LogP contribution is -2.30. The van der Waals surface area contributed by atoms with Crippen LogP contribution in [-0.2, 0) is 14.3 Å². The summed E-state index contributed by atoms with van der Waals surface area (Å²) in [5, 5.41) is 22.0. The van der Waals surface area contributed by atoms with Gasteiger partial charge in [-0.3, -0.25) is 9.59 Å². The number of hydrogen-bond acceptors (Lipinski definition) is 6. The predicted molar refractivity (Wildman–Crippen MR) is 67.0 cm³/mol. The third kappa shape index (κ3) is 2.28. The molecule has 0 radical (unpaired) electrons. The molecule has 20 heavy (non-hydrogen) atoms. The molecule has 2 atom stereocenters. The molecular formula is C13H13NO6. The van der Waals surface area contributed by atoms with E-state index < -0.39 is 29.9 Å². The number of hydrogen-bond donors (Lipinski definition) is 3. The first kappa shape index (κ1) is 14.2. The van der Waals surface area contributed by atoms with Gasteiger partial charge in [-0.15, -0.1) is 0 Å². The molecule has 1 aromatic rings. The van der Waals surface area contributed by atoms with Gasteiger partial charge in [-0.05, 0) is 13.0 Å². The topological polar surface area (TPSA) is 113 Å². The summed E-state index contributed by atoms with van der Waals surface area (Å²) in [7, 11) is 0. The van der Waals surface area contributed by atoms with E-state index in [1.807, 2.05) is 0 Å². The van der Waals surface area contributed by atoms with E-state index >= 15 is 0 Å². The van der Waals surface area contributed by atoms with E-state index in [-0.39, 0.29) is 23.4 Å². The number of ketones is 1. The van der Waals surface area contributed by atoms with E-state index in [1.54, 1.807) is 6.92 Å². The van der Waals surface area contributed by atoms with Crippen LogP contribution in [0.3, 0.4) is 0 Å². The number of ether oxygens (including phenoxy) is 1. The fourth-order valence-corrected chi connectivity index (χ4v) is 1.96. The Kier molecular flexibility index (Phi) is 3.82. The molecule has 0 spiro atoms. The summed E-state index contributed by atoms with van der Waals surface area (Å²) >= 11 is 0. The fourth-order valence-electron chi connectivity index (χ4n) is 1.96. The van der Waals surface area contributed by atoms with E-state index in [0.717, 1.165) is 0 Å². The van der Waals surface area contributed by atoms with Gasteiger partial charge in [-0.2, -0.15) is 0 Å². The lowest BCUT2D eigenvalue weighted by atomic mass is 9.99. The van der Waals surface area contributed by atoms with Crippen LogP contribution in [0, 0.1) is 0 Å². The van der Waals surface area contributed by atoms with Crippen molar-refractivity contribution >= 4 is 23.3 Å². The maximum absolute atomic E-state index is 11.5. The van der Waals surface area contributed by atoms with Gasteiger partial charge in [0.25, 0.3) is 11.7 Å². The molecule has 1 aliphatic rings. The van der Waals surface area contributed by atoms with E-state index in [9.17, 15) is 24.6 Å². The molecular weight excluding hydrogens is 266 g/mol. The van der Waals surface area contributed by atoms with Crippen LogP contribution >= 0.6 is 0 Å². The van der Waals surface area contributed by atoms with Crippen LogP contribution in [0.15, 0.2) is 18.2 Å². The quantitative estimate of drug-likeness (QED) is 0.518. The minimum atomic E-state index is -1.80. The van der Waals surface area contributed by atoms with Gasteiger partial charge < -0.3 is 20.3 Å². The maximum atomic E-state index is 11.5. The van der Waals surface area contributed by atoms with Crippen LogP contribution in [0.25, 0.3) is 0 Å². The zero-order valence-corrected chi connectivity index (χ0v) is 10.6. The Morgan fingerprint density at radius 2 is 2.05 bits per heavy atom. The zero-order chi connectivity index (χ0) is 14.9. The van der Waals surface area contributed by atoms with Crippen molar-refractivity contribution in [3.8, 4) is 0 Å². The number of benzene rings is 1. The van der Waals surface area contributed by atoms with E-state index in [0.29, 0.717) is 0 Å². The molecule has 0 aliphatic carbocycles. The summed E-state index contributed by atoms with van der Waals surface area (Å²) in [4.78, 5) is 34.2. The van der Waals surface area contributed by atoms with Crippen molar-refractivity contribution in [3.05, 3.63) is 29.3 Å². The summed E-state index contributed by atoms with van der Waals surface area (Å²) in [5.41, 5.74) is 0.295. The molecule has 0 saturated heterocycles. The summed E-state index contributed by atoms with van der Waals surface area (Å²) < 4.78 is 4.60. The standard InChI is InChI=1S/C13H13NO6/c1-2-20-13(19)11(17)9(15)6-4-3-5-7-8(6)14-12(18)10(7)16/h3-5,9,11,15,17H,2H2,1H3,(H,14,16,18). The molecule has 2 unspecified atom stereocenters. The van der Waals surface area contributed by atoms with Crippen LogP contribution < -0.4 is 5.32 Å². The third-order valence-corrected chi connectivity index (χ3v) is 2.93. The first-order valence-electron chi connectivity index (χ1n) is 5.98. The average Bonchev–Trinajstić information content (AvgIpc) is 2.73. The highest BCUT2D eigenvalue weighted by Crippen LogP contribution is 2.32. The molecule has 1 heterocycles. The first-order valence-corrected chi connectivity index (χ1v) is 5.98. The molecule has 106 valence electrons. The molecule has 1 aromatic carbocycles. The Balaban J connectivity index is 2.33. The Bertz CT molecular complexity index is 582. The highest BCUT2D eigenvalue weighted by Gasteiger charge is 2.35. The number of anilines is 1. The smallest absolute Gasteiger partial charge is 0.338 e. The fraction of sp³-hybridized carbons (Fsp3) is 0.308. The number of amides is 1. The van der Waals surface area contributed by atoms with Gasteiger partial charge in [0.15, 0.2) is 6.10 Å². The molecule has 7 heteroatoms. The molecule has 0 bridgehead atoms. The maximum Gasteiger partial charge on any atom is 0.338 e. The van der Waals surface area contributed by atoms with Crippen LogP contribution in [0.2, 0.25) is 0 Å². The Morgan fingerprint density at radius 1 is 1.35 bits per heavy atom. The minimum Gasteiger partial charge on any atom is -0.464 e. The SMILES string of the molecule is CCOC(=O)C(O)C(O)c1cccc2c1NC(=O)C2=O. The van der Waals surface area contributed by atoms with Gasteiger partial charge in [0, 0.05) is 5.56 Å². The number of fused-ring (bicyclic) bond motifs is 1. The second-order valence-corrected chi connectivity index (χ2v) is 4.19. The van der Waals surface area contributed by atoms with Gasteiger partial charge in [0.2, 0.25) is 0 Å². The highest BCUT2D eigenvalue weighted by molar-refractivity contribution is 6.51. The molecule has 1 amide bonds. The molecule has 0 aromatic heterocycles. The van der Waals surface area contributed by atoms with Gasteiger partial charge in [0.1, 0.15) is 6.10 Å². The van der Waals surface area contributed by atoms with Gasteiger partial charge in [-0.1, -0.05) is 12.1 Å². The number of Topliss-reactive ketones (excluding diaryl/α,β-unsaturated/α-hetero) is 1. The number of aliphatic hydroxyl groups is 2. The predicted octanol–water partition coefficient (Wildman–Crippen LogP) is -0.221. The summed E-state index contributed by atoms with van der Waals surface area (Å²) in [6.07, 6.45) is -3.40. The van der Waals surface area contributed by atoms with E-state index in [4.69, 9.17) is 0 Å². The van der Waals surface area contributed by atoms with Crippen LogP contribution in [-0.4, -0.2) is 40.6 Å². The molecule has 2 rings (SSSR count). The summed E-state index contributed by atoms with van der Waals surface area (Å²) in [6, 6.07) is 4.28. The van der Waals surface area contributed by atoms with Crippen LogP contribution in [0.1, 0.15) is 28.9 Å². The lowest BCUT2D eigenvalue weighted by molar-refractivity contribution is -0.159. The summed E-state index contributed by atoms with van der Waals surface area (Å²) in [5.74, 6) is -2.52. The Morgan fingerprint density at radius 3 is 2.70 bits per heavy atom. The number of carbonyl (C=O) groups is 3. The number of aliphatic hydroxyl groups excluding tert-OH is 2. The minimum absolute atomic E-state index is 0.0603. The van der Waals surface area contributed by atoms with Gasteiger partial charge in [0.05, 0.1) is 17.9 Å². The second-order valence-electron chi connectivity index (χ2n) is 4.19. The number of carbonyl (C=O) groups excluding carboxylic acids is 3. The van der Waals surface area contributed by atoms with Crippen molar-refractivity contribution in [2.45, 2.75) is 19.1 Å². The lowest BCUT2D eigenvalue weighted by Gasteiger charge is -2.18. The van der Waals surface area contributed by atoms with Crippen LogP contribution in [0.5, 0.6) is 0 Å². The third-order valence-electron chi connectivity index (χ3n) is 2.93. The van der Waals surface area contributed by atoms with Crippen molar-refractivity contribution in [3.63, 3.8) is 0 Å². The molecule has 0 saturated carbocycles. The Hall–Kier alpha value is -2.25. The average molecular weight is 279 g/mol. The largest absolute Gasteiger partial charge is 0.464 e. The summed E-state index contributed by atoms with van der Waals surface area (Å²) in [6.45, 7) is 1.63.